The van der Waals surface area contributed by atoms with E-state index in [1.54, 1.807) is 0 Å². The minimum Gasteiger partial charge on any atom is -0.310 e. The Hall–Kier alpha value is -1.61. The first kappa shape index (κ1) is 13.4. The van der Waals surface area contributed by atoms with Gasteiger partial charge in [0, 0.05) is 18.3 Å². The second-order valence-electron chi connectivity index (χ2n) is 5.74. The molecule has 1 aliphatic rings. The lowest BCUT2D eigenvalue weighted by atomic mass is 10.1. The summed E-state index contributed by atoms with van der Waals surface area (Å²) in [5.41, 5.74) is 6.27. The number of rotatable bonds is 5. The van der Waals surface area contributed by atoms with Crippen LogP contribution in [0, 0.1) is 13.8 Å². The van der Waals surface area contributed by atoms with Crippen LogP contribution in [-0.2, 0) is 13.0 Å². The van der Waals surface area contributed by atoms with E-state index < -0.39 is 0 Å². The second kappa shape index (κ2) is 5.41. The van der Waals surface area contributed by atoms with Crippen LogP contribution in [-0.4, -0.2) is 15.8 Å². The van der Waals surface area contributed by atoms with Gasteiger partial charge in [-0.3, -0.25) is 0 Å². The van der Waals surface area contributed by atoms with E-state index in [9.17, 15) is 0 Å². The second-order valence-corrected chi connectivity index (χ2v) is 5.74. The summed E-state index contributed by atoms with van der Waals surface area (Å²) in [5, 5.41) is 8.26. The molecular weight excluding hydrogens is 246 g/mol. The van der Waals surface area contributed by atoms with Gasteiger partial charge in [-0.2, -0.15) is 5.10 Å². The van der Waals surface area contributed by atoms with Crippen molar-refractivity contribution in [3.05, 3.63) is 46.8 Å². The number of hydrogen-bond donors (Lipinski definition) is 1. The maximum atomic E-state index is 4.70. The van der Waals surface area contributed by atoms with Crippen LogP contribution in [0.5, 0.6) is 0 Å². The zero-order chi connectivity index (χ0) is 14.1. The SMILES string of the molecule is CCc1c(C)nn(-c2cccc(CNC3CC3)c2)c1C. The van der Waals surface area contributed by atoms with Crippen molar-refractivity contribution in [2.24, 2.45) is 0 Å². The van der Waals surface area contributed by atoms with Gasteiger partial charge < -0.3 is 5.32 Å². The van der Waals surface area contributed by atoms with E-state index >= 15 is 0 Å². The lowest BCUT2D eigenvalue weighted by molar-refractivity contribution is 0.686. The van der Waals surface area contributed by atoms with E-state index in [0.717, 1.165) is 24.7 Å². The highest BCUT2D eigenvalue weighted by Crippen LogP contribution is 2.21. The summed E-state index contributed by atoms with van der Waals surface area (Å²) in [7, 11) is 0. The number of nitrogens with zero attached hydrogens (tertiary/aromatic N) is 2. The number of aryl methyl sites for hydroxylation is 1. The largest absolute Gasteiger partial charge is 0.310 e. The Morgan fingerprint density at radius 3 is 2.75 bits per heavy atom. The molecule has 0 amide bonds. The summed E-state index contributed by atoms with van der Waals surface area (Å²) in [4.78, 5) is 0. The van der Waals surface area contributed by atoms with Crippen LogP contribution in [0.4, 0.5) is 0 Å². The Bertz CT molecular complexity index is 609. The summed E-state index contributed by atoms with van der Waals surface area (Å²) in [6.07, 6.45) is 3.70. The molecule has 0 radical (unpaired) electrons. The van der Waals surface area contributed by atoms with Gasteiger partial charge in [0.05, 0.1) is 11.4 Å². The number of benzene rings is 1. The van der Waals surface area contributed by atoms with Crippen LogP contribution in [0.2, 0.25) is 0 Å². The zero-order valence-corrected chi connectivity index (χ0v) is 12.6. The summed E-state index contributed by atoms with van der Waals surface area (Å²) in [6, 6.07) is 9.44. The minimum absolute atomic E-state index is 0.749. The van der Waals surface area contributed by atoms with Gasteiger partial charge in [0.25, 0.3) is 0 Å². The lowest BCUT2D eigenvalue weighted by Crippen LogP contribution is -2.15. The molecule has 1 N–H and O–H groups in total. The van der Waals surface area contributed by atoms with Crippen LogP contribution < -0.4 is 5.32 Å². The molecule has 3 heteroatoms. The highest BCUT2D eigenvalue weighted by Gasteiger charge is 2.20. The third kappa shape index (κ3) is 2.63. The van der Waals surface area contributed by atoms with Crippen molar-refractivity contribution in [3.63, 3.8) is 0 Å². The zero-order valence-electron chi connectivity index (χ0n) is 12.6. The Balaban J connectivity index is 1.87. The fourth-order valence-electron chi connectivity index (χ4n) is 2.79. The lowest BCUT2D eigenvalue weighted by Gasteiger charge is -2.08. The van der Waals surface area contributed by atoms with Crippen molar-refractivity contribution in [2.45, 2.75) is 52.6 Å². The Labute approximate surface area is 121 Å². The van der Waals surface area contributed by atoms with Gasteiger partial charge in [-0.05, 0) is 56.4 Å². The van der Waals surface area contributed by atoms with Crippen molar-refractivity contribution in [1.29, 1.82) is 0 Å². The maximum absolute atomic E-state index is 4.70. The molecule has 3 nitrogen and oxygen atoms in total. The number of nitrogens with one attached hydrogen (secondary N) is 1. The summed E-state index contributed by atoms with van der Waals surface area (Å²) in [6.45, 7) is 7.41. The molecule has 2 aromatic rings. The molecule has 106 valence electrons. The van der Waals surface area contributed by atoms with Gasteiger partial charge in [0.1, 0.15) is 0 Å². The monoisotopic (exact) mass is 269 g/mol. The minimum atomic E-state index is 0.749. The highest BCUT2D eigenvalue weighted by molar-refractivity contribution is 5.39. The molecule has 1 aliphatic carbocycles. The normalized spacial score (nSPS) is 14.8. The molecule has 1 fully saturated rings. The van der Waals surface area contributed by atoms with E-state index in [0.29, 0.717) is 0 Å². The Kier molecular flexibility index (Phi) is 3.62. The smallest absolute Gasteiger partial charge is 0.0652 e. The molecule has 1 saturated carbocycles. The Morgan fingerprint density at radius 1 is 1.30 bits per heavy atom. The predicted octanol–water partition coefficient (Wildman–Crippen LogP) is 3.30. The molecule has 1 aromatic heterocycles. The fourth-order valence-corrected chi connectivity index (χ4v) is 2.79. The quantitative estimate of drug-likeness (QED) is 0.902. The molecule has 3 rings (SSSR count). The van der Waals surface area contributed by atoms with Gasteiger partial charge in [-0.1, -0.05) is 19.1 Å². The summed E-state index contributed by atoms with van der Waals surface area (Å²) < 4.78 is 2.08. The van der Waals surface area contributed by atoms with E-state index in [1.807, 2.05) is 0 Å². The third-order valence-corrected chi connectivity index (χ3v) is 4.12. The molecule has 0 aliphatic heterocycles. The van der Waals surface area contributed by atoms with E-state index in [-0.39, 0.29) is 0 Å². The molecule has 20 heavy (non-hydrogen) atoms. The van der Waals surface area contributed by atoms with Crippen LogP contribution in [0.1, 0.15) is 42.3 Å². The summed E-state index contributed by atoms with van der Waals surface area (Å²) >= 11 is 0. The van der Waals surface area contributed by atoms with Crippen LogP contribution in [0.25, 0.3) is 5.69 Å². The van der Waals surface area contributed by atoms with Crippen LogP contribution in [0.3, 0.4) is 0 Å². The number of hydrogen-bond acceptors (Lipinski definition) is 2. The molecule has 1 aromatic carbocycles. The molecule has 0 saturated heterocycles. The molecule has 0 atom stereocenters. The number of aromatic nitrogens is 2. The first-order valence-electron chi connectivity index (χ1n) is 7.57. The maximum Gasteiger partial charge on any atom is 0.0652 e. The van der Waals surface area contributed by atoms with Crippen LogP contribution in [0.15, 0.2) is 24.3 Å². The van der Waals surface area contributed by atoms with Gasteiger partial charge in [0.15, 0.2) is 0 Å². The van der Waals surface area contributed by atoms with Gasteiger partial charge in [0.2, 0.25) is 0 Å². The average Bonchev–Trinajstić information content (AvgIpc) is 3.23. The standard InChI is InChI=1S/C17H23N3/c1-4-17-12(2)19-20(13(17)3)16-7-5-6-14(10-16)11-18-15-8-9-15/h5-7,10,15,18H,4,8-9,11H2,1-3H3. The van der Waals surface area contributed by atoms with Crippen molar-refractivity contribution in [3.8, 4) is 5.69 Å². The summed E-state index contributed by atoms with van der Waals surface area (Å²) in [5.74, 6) is 0. The van der Waals surface area contributed by atoms with Crippen LogP contribution >= 0.6 is 0 Å². The average molecular weight is 269 g/mol. The van der Waals surface area contributed by atoms with Crippen molar-refractivity contribution in [1.82, 2.24) is 15.1 Å². The van der Waals surface area contributed by atoms with Gasteiger partial charge in [-0.15, -0.1) is 0 Å². The first-order chi connectivity index (χ1) is 9.69. The highest BCUT2D eigenvalue weighted by atomic mass is 15.3. The predicted molar refractivity (Wildman–Crippen MR) is 82.3 cm³/mol. The molecule has 0 unspecified atom stereocenters. The van der Waals surface area contributed by atoms with Crippen molar-refractivity contribution in [2.75, 3.05) is 0 Å². The van der Waals surface area contributed by atoms with Crippen molar-refractivity contribution < 1.29 is 0 Å². The first-order valence-corrected chi connectivity index (χ1v) is 7.57. The fraction of sp³-hybridized carbons (Fsp3) is 0.471. The molecule has 0 bridgehead atoms. The Morgan fingerprint density at radius 2 is 2.10 bits per heavy atom. The topological polar surface area (TPSA) is 29.9 Å². The third-order valence-electron chi connectivity index (χ3n) is 4.12. The van der Waals surface area contributed by atoms with E-state index in [4.69, 9.17) is 5.10 Å². The van der Waals surface area contributed by atoms with E-state index in [2.05, 4.69) is 55.0 Å². The van der Waals surface area contributed by atoms with Gasteiger partial charge >= 0.3 is 0 Å². The van der Waals surface area contributed by atoms with E-state index in [1.165, 1.54) is 35.3 Å². The molecule has 0 spiro atoms. The van der Waals surface area contributed by atoms with Gasteiger partial charge in [-0.25, -0.2) is 4.68 Å². The van der Waals surface area contributed by atoms with Crippen molar-refractivity contribution >= 4 is 0 Å². The molecule has 1 heterocycles. The molecular formula is C17H23N3.